The lowest BCUT2D eigenvalue weighted by atomic mass is 9.95. The monoisotopic (exact) mass is 464 g/mol. The molecule has 1 unspecified atom stereocenters. The predicted molar refractivity (Wildman–Crippen MR) is 126 cm³/mol. The van der Waals surface area contributed by atoms with Gasteiger partial charge in [-0.3, -0.25) is 14.4 Å². The van der Waals surface area contributed by atoms with Gasteiger partial charge >= 0.3 is 0 Å². The first kappa shape index (κ1) is 20.8. The van der Waals surface area contributed by atoms with Gasteiger partial charge in [0.15, 0.2) is 6.10 Å². The molecule has 3 aromatic rings. The summed E-state index contributed by atoms with van der Waals surface area (Å²) < 4.78 is 0. The van der Waals surface area contributed by atoms with Gasteiger partial charge in [0, 0.05) is 10.0 Å². The predicted octanol–water partition coefficient (Wildman–Crippen LogP) is 5.39. The summed E-state index contributed by atoms with van der Waals surface area (Å²) in [5.74, 6) is -1.36. The van der Waals surface area contributed by atoms with Crippen LogP contribution in [-0.2, 0) is 14.4 Å². The van der Waals surface area contributed by atoms with Gasteiger partial charge in [0.25, 0.3) is 5.91 Å². The Morgan fingerprint density at radius 2 is 1.38 bits per heavy atom. The zero-order valence-electron chi connectivity index (χ0n) is 16.8. The van der Waals surface area contributed by atoms with Crippen LogP contribution in [0.3, 0.4) is 0 Å². The van der Waals surface area contributed by atoms with Gasteiger partial charge in [-0.25, -0.2) is 9.96 Å². The topological polar surface area (TPSA) is 49.9 Å². The molecule has 5 rings (SSSR count). The van der Waals surface area contributed by atoms with Crippen molar-refractivity contribution in [2.45, 2.75) is 12.1 Å². The second-order valence-electron chi connectivity index (χ2n) is 7.60. The molecular weight excluding hydrogens is 447 g/mol. The van der Waals surface area contributed by atoms with Crippen LogP contribution in [-0.4, -0.2) is 24.0 Å². The lowest BCUT2D eigenvalue weighted by molar-refractivity contribution is -0.126. The summed E-state index contributed by atoms with van der Waals surface area (Å²) in [5, 5.41) is 2.83. The van der Waals surface area contributed by atoms with Crippen LogP contribution in [0.5, 0.6) is 0 Å². The standard InChI is InChI=1S/C25H18Cl2N2O3/c26-17-9-6-16(7-10-17)8-15-21-22-23(32-29(21)20-4-2-1-3-5-20)25(31)28(24(22)30)19-13-11-18(27)12-14-19/h1-15,21-23H/b15-8+/t21?,22-,23+/m0/s1. The van der Waals surface area contributed by atoms with Gasteiger partial charge in [-0.2, -0.15) is 0 Å². The summed E-state index contributed by atoms with van der Waals surface area (Å²) in [4.78, 5) is 33.9. The summed E-state index contributed by atoms with van der Waals surface area (Å²) in [5.41, 5.74) is 2.18. The first-order chi connectivity index (χ1) is 15.5. The van der Waals surface area contributed by atoms with Crippen molar-refractivity contribution in [2.75, 3.05) is 9.96 Å². The Morgan fingerprint density at radius 3 is 2.03 bits per heavy atom. The molecule has 0 radical (unpaired) electrons. The van der Waals surface area contributed by atoms with E-state index in [0.29, 0.717) is 15.7 Å². The maximum atomic E-state index is 13.4. The molecule has 2 amide bonds. The van der Waals surface area contributed by atoms with E-state index in [2.05, 4.69) is 0 Å². The average Bonchev–Trinajstić information content (AvgIpc) is 3.30. The lowest BCUT2D eigenvalue weighted by Gasteiger charge is -2.26. The van der Waals surface area contributed by atoms with Gasteiger partial charge in [0.1, 0.15) is 5.92 Å². The van der Waals surface area contributed by atoms with E-state index in [0.717, 1.165) is 11.3 Å². The highest BCUT2D eigenvalue weighted by Gasteiger charge is 2.59. The molecule has 2 aliphatic rings. The van der Waals surface area contributed by atoms with Crippen LogP contribution in [0.1, 0.15) is 5.56 Å². The quantitative estimate of drug-likeness (QED) is 0.486. The van der Waals surface area contributed by atoms with Crippen molar-refractivity contribution < 1.29 is 14.4 Å². The van der Waals surface area contributed by atoms with Gasteiger partial charge in [-0.1, -0.05) is 65.7 Å². The second-order valence-corrected chi connectivity index (χ2v) is 8.48. The van der Waals surface area contributed by atoms with Crippen molar-refractivity contribution >= 4 is 52.5 Å². The number of hydrogen-bond acceptors (Lipinski definition) is 4. The van der Waals surface area contributed by atoms with E-state index in [1.54, 1.807) is 41.5 Å². The Hall–Kier alpha value is -3.12. The van der Waals surface area contributed by atoms with Gasteiger partial charge in [0.2, 0.25) is 5.91 Å². The molecule has 0 saturated carbocycles. The molecule has 0 aromatic heterocycles. The van der Waals surface area contributed by atoms with E-state index in [-0.39, 0.29) is 11.8 Å². The summed E-state index contributed by atoms with van der Waals surface area (Å²) >= 11 is 12.0. The fraction of sp³-hybridized carbons (Fsp3) is 0.120. The molecule has 3 atom stereocenters. The molecule has 7 heteroatoms. The SMILES string of the molecule is O=C1[C@@H]2ON(c3ccccc3)C(/C=C/c3ccc(Cl)cc3)[C@@H]2C(=O)N1c1ccc(Cl)cc1. The number of carbonyl (C=O) groups excluding carboxylic acids is 2. The number of imide groups is 1. The van der Waals surface area contributed by atoms with E-state index in [1.165, 1.54) is 4.90 Å². The lowest BCUT2D eigenvalue weighted by Crippen LogP contribution is -2.39. The van der Waals surface area contributed by atoms with Crippen LogP contribution >= 0.6 is 23.2 Å². The Balaban J connectivity index is 1.51. The molecule has 0 spiro atoms. The van der Waals surface area contributed by atoms with Gasteiger partial charge in [0.05, 0.1) is 17.4 Å². The van der Waals surface area contributed by atoms with E-state index in [4.69, 9.17) is 28.0 Å². The molecular formula is C25H18Cl2N2O3. The summed E-state index contributed by atoms with van der Waals surface area (Å²) in [6.07, 6.45) is 2.90. The van der Waals surface area contributed by atoms with Crippen molar-refractivity contribution in [3.05, 3.63) is 101 Å². The first-order valence-corrected chi connectivity index (χ1v) is 10.9. The molecule has 2 heterocycles. The van der Waals surface area contributed by atoms with Gasteiger partial charge in [-0.15, -0.1) is 0 Å². The van der Waals surface area contributed by atoms with E-state index < -0.39 is 18.1 Å². The number of benzene rings is 3. The number of fused-ring (bicyclic) bond motifs is 1. The molecule has 2 fully saturated rings. The minimum atomic E-state index is -0.904. The smallest absolute Gasteiger partial charge is 0.266 e. The number of rotatable bonds is 4. The Kier molecular flexibility index (Phi) is 5.47. The number of halogens is 2. The molecule has 32 heavy (non-hydrogen) atoms. The second kappa shape index (κ2) is 8.43. The highest BCUT2D eigenvalue weighted by Crippen LogP contribution is 2.41. The van der Waals surface area contributed by atoms with E-state index in [9.17, 15) is 9.59 Å². The molecule has 0 aliphatic carbocycles. The van der Waals surface area contributed by atoms with Crippen molar-refractivity contribution in [3.63, 3.8) is 0 Å². The number of hydrogen-bond donors (Lipinski definition) is 0. The number of hydroxylamine groups is 1. The number of para-hydroxylation sites is 1. The maximum absolute atomic E-state index is 13.4. The number of amides is 2. The van der Waals surface area contributed by atoms with Crippen LogP contribution in [0.15, 0.2) is 84.9 Å². The van der Waals surface area contributed by atoms with Crippen LogP contribution in [0.4, 0.5) is 11.4 Å². The zero-order valence-corrected chi connectivity index (χ0v) is 18.3. The minimum absolute atomic E-state index is 0.300. The van der Waals surface area contributed by atoms with Crippen molar-refractivity contribution in [2.24, 2.45) is 5.92 Å². The molecule has 3 aromatic carbocycles. The van der Waals surface area contributed by atoms with Crippen molar-refractivity contribution in [1.29, 1.82) is 0 Å². The third-order valence-electron chi connectivity index (χ3n) is 5.61. The largest absolute Gasteiger partial charge is 0.273 e. The average molecular weight is 465 g/mol. The Morgan fingerprint density at radius 1 is 0.750 bits per heavy atom. The van der Waals surface area contributed by atoms with Crippen LogP contribution in [0.2, 0.25) is 10.0 Å². The molecule has 2 aliphatic heterocycles. The van der Waals surface area contributed by atoms with E-state index in [1.807, 2.05) is 54.6 Å². The Bertz CT molecular complexity index is 1180. The van der Waals surface area contributed by atoms with Crippen LogP contribution < -0.4 is 9.96 Å². The van der Waals surface area contributed by atoms with Crippen LogP contribution in [0, 0.1) is 5.92 Å². The number of carbonyl (C=O) groups is 2. The van der Waals surface area contributed by atoms with Crippen LogP contribution in [0.25, 0.3) is 6.08 Å². The highest BCUT2D eigenvalue weighted by molar-refractivity contribution is 6.31. The molecule has 2 saturated heterocycles. The molecule has 0 N–H and O–H groups in total. The molecule has 0 bridgehead atoms. The third kappa shape index (κ3) is 3.69. The number of anilines is 2. The Labute approximate surface area is 195 Å². The number of nitrogens with zero attached hydrogens (tertiary/aromatic N) is 2. The first-order valence-electron chi connectivity index (χ1n) is 10.1. The highest BCUT2D eigenvalue weighted by atomic mass is 35.5. The van der Waals surface area contributed by atoms with Crippen molar-refractivity contribution in [1.82, 2.24) is 0 Å². The maximum Gasteiger partial charge on any atom is 0.266 e. The van der Waals surface area contributed by atoms with Crippen molar-refractivity contribution in [3.8, 4) is 0 Å². The fourth-order valence-electron chi connectivity index (χ4n) is 4.08. The molecule has 5 nitrogen and oxygen atoms in total. The van der Waals surface area contributed by atoms with E-state index >= 15 is 0 Å². The summed E-state index contributed by atoms with van der Waals surface area (Å²) in [7, 11) is 0. The third-order valence-corrected chi connectivity index (χ3v) is 6.12. The summed E-state index contributed by atoms with van der Waals surface area (Å²) in [6.45, 7) is 0. The normalized spacial score (nSPS) is 22.8. The van der Waals surface area contributed by atoms with Gasteiger partial charge < -0.3 is 0 Å². The fourth-order valence-corrected chi connectivity index (χ4v) is 4.33. The zero-order chi connectivity index (χ0) is 22.2. The summed E-state index contributed by atoms with van der Waals surface area (Å²) in [6, 6.07) is 23.0. The minimum Gasteiger partial charge on any atom is -0.273 e. The molecule has 160 valence electrons. The van der Waals surface area contributed by atoms with Gasteiger partial charge in [-0.05, 0) is 54.1 Å².